The van der Waals surface area contributed by atoms with Crippen LogP contribution < -0.4 is 9.22 Å². The Morgan fingerprint density at radius 1 is 0.905 bits per heavy atom. The number of rotatable bonds is 8. The van der Waals surface area contributed by atoms with Gasteiger partial charge in [0.25, 0.3) is 0 Å². The van der Waals surface area contributed by atoms with Crippen LogP contribution in [0.4, 0.5) is 26.7 Å². The van der Waals surface area contributed by atoms with E-state index in [2.05, 4.69) is 15.2 Å². The molecule has 216 valence electrons. The molecule has 1 aliphatic rings. The first-order valence-corrected chi connectivity index (χ1v) is 13.2. The van der Waals surface area contributed by atoms with Crippen LogP contribution in [0, 0.1) is 0 Å². The summed E-state index contributed by atoms with van der Waals surface area (Å²) in [6.07, 6.45) is 1.38. The van der Waals surface area contributed by atoms with Gasteiger partial charge in [0, 0.05) is 25.7 Å². The molecule has 1 heterocycles. The molecule has 0 saturated heterocycles. The second-order valence-electron chi connectivity index (χ2n) is 10.5. The number of carbonyl (C=O) groups excluding carboxylic acids is 2. The van der Waals surface area contributed by atoms with Gasteiger partial charge in [-0.1, -0.05) is 18.2 Å². The molecule has 42 heavy (non-hydrogen) atoms. The van der Waals surface area contributed by atoms with Crippen molar-refractivity contribution in [3.05, 3.63) is 96.8 Å². The first kappa shape index (κ1) is 29.8. The number of quaternary nitrogens is 1. The Kier molecular flexibility index (Phi) is 8.92. The van der Waals surface area contributed by atoms with Crippen LogP contribution in [0.25, 0.3) is 0 Å². The van der Waals surface area contributed by atoms with Crippen LogP contribution in [-0.2, 0) is 4.74 Å². The molecule has 11 nitrogen and oxygen atoms in total. The number of esters is 1. The van der Waals surface area contributed by atoms with Crippen molar-refractivity contribution in [2.45, 2.75) is 32.8 Å². The summed E-state index contributed by atoms with van der Waals surface area (Å²) in [5, 5.41) is 18.6. The van der Waals surface area contributed by atoms with Crippen LogP contribution in [0.1, 0.15) is 37.6 Å². The van der Waals surface area contributed by atoms with Crippen molar-refractivity contribution in [3.8, 4) is 5.75 Å². The van der Waals surface area contributed by atoms with Crippen LogP contribution >= 0.6 is 0 Å². The fourth-order valence-corrected chi connectivity index (χ4v) is 4.05. The molecule has 0 saturated carbocycles. The summed E-state index contributed by atoms with van der Waals surface area (Å²) in [4.78, 5) is 43.3. The smallest absolute Gasteiger partial charge is 0.444 e. The van der Waals surface area contributed by atoms with E-state index in [-0.39, 0.29) is 18.7 Å². The Labute approximate surface area is 243 Å². The predicted molar refractivity (Wildman–Crippen MR) is 158 cm³/mol. The largest absolute Gasteiger partial charge is 0.529 e. The van der Waals surface area contributed by atoms with Crippen LogP contribution in [0.15, 0.2) is 106 Å². The molecular weight excluding hydrogens is 538 g/mol. The number of nitrogens with zero attached hydrogens (tertiary/aromatic N) is 5. The third-order valence-electron chi connectivity index (χ3n) is 6.19. The van der Waals surface area contributed by atoms with Gasteiger partial charge in [-0.05, 0) is 69.3 Å². The molecular formula is C31H32N5O6+. The highest BCUT2D eigenvalue weighted by atomic mass is 16.6. The third kappa shape index (κ3) is 7.12. The van der Waals surface area contributed by atoms with E-state index in [9.17, 15) is 19.5 Å². The second-order valence-corrected chi connectivity index (χ2v) is 10.5. The number of amides is 2. The van der Waals surface area contributed by atoms with Crippen molar-refractivity contribution in [1.29, 1.82) is 0 Å². The van der Waals surface area contributed by atoms with E-state index in [1.807, 2.05) is 30.3 Å². The zero-order valence-electron chi connectivity index (χ0n) is 23.8. The normalized spacial score (nSPS) is 16.2. The van der Waals surface area contributed by atoms with Gasteiger partial charge in [-0.2, -0.15) is 15.0 Å². The van der Waals surface area contributed by atoms with Crippen molar-refractivity contribution >= 4 is 41.1 Å². The number of ether oxygens (including phenoxy) is 2. The summed E-state index contributed by atoms with van der Waals surface area (Å²) < 4.78 is 10.2. The van der Waals surface area contributed by atoms with E-state index in [0.29, 0.717) is 28.5 Å². The third-order valence-corrected chi connectivity index (χ3v) is 6.19. The van der Waals surface area contributed by atoms with Crippen LogP contribution in [0.5, 0.6) is 5.75 Å². The Morgan fingerprint density at radius 3 is 2.12 bits per heavy atom. The van der Waals surface area contributed by atoms with Gasteiger partial charge < -0.3 is 19.5 Å². The van der Waals surface area contributed by atoms with Gasteiger partial charge >= 0.3 is 18.2 Å². The van der Waals surface area contributed by atoms with Gasteiger partial charge in [-0.25, -0.2) is 14.6 Å². The summed E-state index contributed by atoms with van der Waals surface area (Å²) >= 11 is 0. The molecule has 11 heteroatoms. The maximum Gasteiger partial charge on any atom is 0.529 e. The van der Waals surface area contributed by atoms with Crippen LogP contribution in [0.3, 0.4) is 0 Å². The SMILES string of the molecule is CN(CCC1=NC=C[N+]1(C(=O)O)c1ccc(OC(=O)c2ccc(N=Nc3ccccc3)cc2)cc1)C(=O)OC(C)(C)C. The average molecular weight is 571 g/mol. The zero-order valence-corrected chi connectivity index (χ0v) is 23.8. The number of benzene rings is 3. The first-order chi connectivity index (χ1) is 20.0. The molecule has 0 fully saturated rings. The Hall–Kier alpha value is -5.16. The molecule has 0 aromatic heterocycles. The lowest BCUT2D eigenvalue weighted by atomic mass is 10.2. The van der Waals surface area contributed by atoms with E-state index >= 15 is 0 Å². The van der Waals surface area contributed by atoms with Crippen molar-refractivity contribution in [1.82, 2.24) is 9.38 Å². The average Bonchev–Trinajstić information content (AvgIpc) is 3.40. The number of azo groups is 1. The summed E-state index contributed by atoms with van der Waals surface area (Å²) in [6.45, 7) is 5.51. The fourth-order valence-electron chi connectivity index (χ4n) is 4.05. The van der Waals surface area contributed by atoms with E-state index < -0.39 is 28.2 Å². The Morgan fingerprint density at radius 2 is 1.52 bits per heavy atom. The summed E-state index contributed by atoms with van der Waals surface area (Å²) in [7, 11) is 1.58. The molecule has 1 aliphatic heterocycles. The molecule has 3 aromatic rings. The molecule has 0 aliphatic carbocycles. The first-order valence-electron chi connectivity index (χ1n) is 13.2. The second kappa shape index (κ2) is 12.6. The number of hydrogen-bond donors (Lipinski definition) is 1. The highest BCUT2D eigenvalue weighted by Crippen LogP contribution is 2.32. The minimum Gasteiger partial charge on any atom is -0.444 e. The van der Waals surface area contributed by atoms with E-state index in [1.165, 1.54) is 29.4 Å². The van der Waals surface area contributed by atoms with E-state index in [1.54, 1.807) is 64.2 Å². The topological polar surface area (TPSA) is 130 Å². The summed E-state index contributed by atoms with van der Waals surface area (Å²) in [6, 6.07) is 22.0. The van der Waals surface area contributed by atoms with Crippen LogP contribution in [0.2, 0.25) is 0 Å². The molecule has 4 rings (SSSR count). The molecule has 0 bridgehead atoms. The standard InChI is InChI=1S/C31H31N5O6/c1-31(2,3)42-29(38)35(4)20-18-27-32-19-21-36(27,30(39)40)25-14-16-26(17-15-25)41-28(37)22-10-12-24(13-11-22)34-33-23-8-6-5-7-9-23/h5-17,19,21H,18,20H2,1-4H3/p+1. The number of amidine groups is 1. The van der Waals surface area contributed by atoms with Gasteiger partial charge in [0.15, 0.2) is 5.69 Å². The van der Waals surface area contributed by atoms with Gasteiger partial charge in [0.1, 0.15) is 17.6 Å². The van der Waals surface area contributed by atoms with Crippen molar-refractivity contribution in [2.75, 3.05) is 13.6 Å². The lowest BCUT2D eigenvalue weighted by Crippen LogP contribution is -2.52. The molecule has 1 atom stereocenters. The van der Waals surface area contributed by atoms with E-state index in [4.69, 9.17) is 9.47 Å². The predicted octanol–water partition coefficient (Wildman–Crippen LogP) is 7.45. The molecule has 1 N–H and O–H groups in total. The monoisotopic (exact) mass is 570 g/mol. The van der Waals surface area contributed by atoms with E-state index in [0.717, 1.165) is 0 Å². The zero-order chi connectivity index (χ0) is 30.3. The maximum atomic E-state index is 12.7. The molecule has 2 amide bonds. The van der Waals surface area contributed by atoms with Crippen molar-refractivity contribution in [2.24, 2.45) is 15.2 Å². The molecule has 0 radical (unpaired) electrons. The van der Waals surface area contributed by atoms with Gasteiger partial charge in [-0.15, -0.1) is 4.48 Å². The quantitative estimate of drug-likeness (QED) is 0.130. The number of carbonyl (C=O) groups is 3. The fraction of sp³-hybridized carbons (Fsp3) is 0.226. The Bertz CT molecular complexity index is 1530. The maximum absolute atomic E-state index is 12.7. The summed E-state index contributed by atoms with van der Waals surface area (Å²) in [5.74, 6) is -0.0245. The molecule has 0 spiro atoms. The summed E-state index contributed by atoms with van der Waals surface area (Å²) in [5.41, 5.74) is 1.34. The number of hydrogen-bond acceptors (Lipinski definition) is 8. The molecule has 3 aromatic carbocycles. The van der Waals surface area contributed by atoms with Gasteiger partial charge in [-0.3, -0.25) is 0 Å². The highest BCUT2D eigenvalue weighted by Gasteiger charge is 2.46. The minimum absolute atomic E-state index is 0.187. The van der Waals surface area contributed by atoms with Gasteiger partial charge in [0.2, 0.25) is 5.84 Å². The minimum atomic E-state index is -1.17. The Balaban J connectivity index is 1.41. The van der Waals surface area contributed by atoms with Gasteiger partial charge in [0.05, 0.1) is 29.6 Å². The number of carboxylic acid groups (broad SMARTS) is 1. The molecule has 1 unspecified atom stereocenters. The van der Waals surface area contributed by atoms with Crippen LogP contribution in [-0.4, -0.2) is 53.2 Å². The lowest BCUT2D eigenvalue weighted by Gasteiger charge is -2.28. The van der Waals surface area contributed by atoms with Crippen molar-refractivity contribution in [3.63, 3.8) is 0 Å². The van der Waals surface area contributed by atoms with Crippen molar-refractivity contribution < 1.29 is 29.0 Å². The highest BCUT2D eigenvalue weighted by molar-refractivity contribution is 6.11. The lowest BCUT2D eigenvalue weighted by molar-refractivity contribution is 0.0302. The number of aliphatic imine (C=N–C) groups is 1.